The normalized spacial score (nSPS) is 10.4. The van der Waals surface area contributed by atoms with E-state index in [2.05, 4.69) is 25.4 Å². The summed E-state index contributed by atoms with van der Waals surface area (Å²) < 4.78 is 1.43. The van der Waals surface area contributed by atoms with E-state index < -0.39 is 0 Å². The van der Waals surface area contributed by atoms with E-state index in [1.807, 2.05) is 6.92 Å². The van der Waals surface area contributed by atoms with Crippen molar-refractivity contribution in [3.05, 3.63) is 22.7 Å². The van der Waals surface area contributed by atoms with E-state index in [9.17, 15) is 0 Å². The summed E-state index contributed by atoms with van der Waals surface area (Å²) in [5.41, 5.74) is 0. The largest absolute Gasteiger partial charge is 0.354 e. The van der Waals surface area contributed by atoms with Crippen LogP contribution in [-0.2, 0) is 0 Å². The molecular formula is C8H8Cl2N6. The fourth-order valence-electron chi connectivity index (χ4n) is 1.09. The number of nitrogens with zero attached hydrogens (tertiary/aromatic N) is 5. The molecule has 16 heavy (non-hydrogen) atoms. The second kappa shape index (κ2) is 4.63. The topological polar surface area (TPSA) is 68.5 Å². The summed E-state index contributed by atoms with van der Waals surface area (Å²) >= 11 is 11.5. The standard InChI is InChI=1S/C8H8Cl2N6/c1-2-11-7-13-6(10)14-8(15-7)16-4-5(9)3-12-16/h3-4H,2H2,1H3,(H,11,13,14,15). The van der Waals surface area contributed by atoms with Crippen LogP contribution in [0.5, 0.6) is 0 Å². The number of aromatic nitrogens is 5. The van der Waals surface area contributed by atoms with Gasteiger partial charge in [0, 0.05) is 6.54 Å². The molecule has 0 aromatic carbocycles. The van der Waals surface area contributed by atoms with Crippen LogP contribution in [-0.4, -0.2) is 31.3 Å². The van der Waals surface area contributed by atoms with Crippen LogP contribution in [0.3, 0.4) is 0 Å². The van der Waals surface area contributed by atoms with Gasteiger partial charge >= 0.3 is 0 Å². The van der Waals surface area contributed by atoms with Gasteiger partial charge in [0.1, 0.15) is 0 Å². The number of nitrogens with one attached hydrogen (secondary N) is 1. The Kier molecular flexibility index (Phi) is 3.21. The average molecular weight is 259 g/mol. The van der Waals surface area contributed by atoms with E-state index in [-0.39, 0.29) is 5.28 Å². The second-order valence-corrected chi connectivity index (χ2v) is 3.64. The first-order chi connectivity index (χ1) is 7.69. The molecule has 2 rings (SSSR count). The Labute approximate surface area is 102 Å². The lowest BCUT2D eigenvalue weighted by molar-refractivity contribution is 0.795. The molecule has 0 aliphatic heterocycles. The third-order valence-electron chi connectivity index (χ3n) is 1.69. The second-order valence-electron chi connectivity index (χ2n) is 2.86. The van der Waals surface area contributed by atoms with Crippen LogP contribution in [0, 0.1) is 0 Å². The van der Waals surface area contributed by atoms with Crippen molar-refractivity contribution in [3.63, 3.8) is 0 Å². The van der Waals surface area contributed by atoms with Gasteiger partial charge in [0.25, 0.3) is 5.95 Å². The van der Waals surface area contributed by atoms with Crippen molar-refractivity contribution in [1.29, 1.82) is 0 Å². The Balaban J connectivity index is 2.40. The highest BCUT2D eigenvalue weighted by Gasteiger charge is 2.07. The van der Waals surface area contributed by atoms with Crippen LogP contribution in [0.4, 0.5) is 5.95 Å². The molecule has 8 heteroatoms. The maximum absolute atomic E-state index is 5.77. The van der Waals surface area contributed by atoms with Gasteiger partial charge in [-0.15, -0.1) is 0 Å². The van der Waals surface area contributed by atoms with Gasteiger partial charge in [-0.1, -0.05) is 11.6 Å². The van der Waals surface area contributed by atoms with Crippen molar-refractivity contribution >= 4 is 29.2 Å². The quantitative estimate of drug-likeness (QED) is 0.910. The van der Waals surface area contributed by atoms with Gasteiger partial charge in [0.15, 0.2) is 0 Å². The zero-order chi connectivity index (χ0) is 11.5. The number of hydrogen-bond acceptors (Lipinski definition) is 5. The van der Waals surface area contributed by atoms with Crippen LogP contribution in [0.1, 0.15) is 6.92 Å². The van der Waals surface area contributed by atoms with Crippen LogP contribution >= 0.6 is 23.2 Å². The van der Waals surface area contributed by atoms with E-state index in [0.717, 1.165) is 0 Å². The van der Waals surface area contributed by atoms with Crippen LogP contribution in [0.2, 0.25) is 10.3 Å². The van der Waals surface area contributed by atoms with Crippen molar-refractivity contribution in [3.8, 4) is 5.95 Å². The molecule has 0 bridgehead atoms. The number of halogens is 2. The molecule has 1 N–H and O–H groups in total. The van der Waals surface area contributed by atoms with Crippen molar-refractivity contribution in [1.82, 2.24) is 24.7 Å². The Morgan fingerprint density at radius 3 is 2.75 bits per heavy atom. The molecule has 0 aliphatic rings. The smallest absolute Gasteiger partial charge is 0.256 e. The highest BCUT2D eigenvalue weighted by molar-refractivity contribution is 6.30. The summed E-state index contributed by atoms with van der Waals surface area (Å²) in [6, 6.07) is 0. The first kappa shape index (κ1) is 11.1. The van der Waals surface area contributed by atoms with Crippen molar-refractivity contribution < 1.29 is 0 Å². The molecule has 2 aromatic heterocycles. The molecule has 6 nitrogen and oxygen atoms in total. The maximum Gasteiger partial charge on any atom is 0.256 e. The van der Waals surface area contributed by atoms with Gasteiger partial charge in [0.05, 0.1) is 17.4 Å². The molecule has 0 atom stereocenters. The van der Waals surface area contributed by atoms with Crippen molar-refractivity contribution in [2.45, 2.75) is 6.92 Å². The van der Waals surface area contributed by atoms with E-state index in [1.165, 1.54) is 10.9 Å². The van der Waals surface area contributed by atoms with Crippen LogP contribution in [0.25, 0.3) is 5.95 Å². The zero-order valence-corrected chi connectivity index (χ0v) is 9.87. The lowest BCUT2D eigenvalue weighted by atomic mass is 10.7. The van der Waals surface area contributed by atoms with Crippen molar-refractivity contribution in [2.75, 3.05) is 11.9 Å². The fourth-order valence-corrected chi connectivity index (χ4v) is 1.38. The Morgan fingerprint density at radius 1 is 1.31 bits per heavy atom. The van der Waals surface area contributed by atoms with Gasteiger partial charge in [-0.05, 0) is 18.5 Å². The summed E-state index contributed by atoms with van der Waals surface area (Å²) in [7, 11) is 0. The molecule has 84 valence electrons. The first-order valence-electron chi connectivity index (χ1n) is 4.55. The van der Waals surface area contributed by atoms with E-state index >= 15 is 0 Å². The number of anilines is 1. The van der Waals surface area contributed by atoms with Crippen LogP contribution in [0.15, 0.2) is 12.4 Å². The summed E-state index contributed by atoms with van der Waals surface area (Å²) in [5, 5.41) is 7.52. The predicted molar refractivity (Wildman–Crippen MR) is 61.1 cm³/mol. The molecular weight excluding hydrogens is 251 g/mol. The number of hydrogen-bond donors (Lipinski definition) is 1. The molecule has 0 aliphatic carbocycles. The lowest BCUT2D eigenvalue weighted by Gasteiger charge is -2.04. The lowest BCUT2D eigenvalue weighted by Crippen LogP contribution is -2.08. The van der Waals surface area contributed by atoms with E-state index in [4.69, 9.17) is 23.2 Å². The molecule has 2 aromatic rings. The molecule has 0 unspecified atom stereocenters. The molecule has 2 heterocycles. The number of rotatable bonds is 3. The molecule has 0 saturated carbocycles. The summed E-state index contributed by atoms with van der Waals surface area (Å²) in [4.78, 5) is 12.0. The van der Waals surface area contributed by atoms with Crippen molar-refractivity contribution in [2.24, 2.45) is 0 Å². The Hall–Kier alpha value is -1.40. The highest BCUT2D eigenvalue weighted by Crippen LogP contribution is 2.11. The summed E-state index contributed by atoms with van der Waals surface area (Å²) in [6.45, 7) is 2.63. The zero-order valence-electron chi connectivity index (χ0n) is 8.35. The van der Waals surface area contributed by atoms with Gasteiger partial charge in [-0.3, -0.25) is 0 Å². The van der Waals surface area contributed by atoms with E-state index in [1.54, 1.807) is 6.20 Å². The summed E-state index contributed by atoms with van der Waals surface area (Å²) in [5.74, 6) is 0.729. The third-order valence-corrected chi connectivity index (χ3v) is 2.05. The van der Waals surface area contributed by atoms with E-state index in [0.29, 0.717) is 23.5 Å². The minimum absolute atomic E-state index is 0.104. The van der Waals surface area contributed by atoms with Gasteiger partial charge in [-0.25, -0.2) is 4.68 Å². The predicted octanol–water partition coefficient (Wildman–Crippen LogP) is 1.80. The SMILES string of the molecule is CCNc1nc(Cl)nc(-n2cc(Cl)cn2)n1. The summed E-state index contributed by atoms with van der Waals surface area (Å²) in [6.07, 6.45) is 3.08. The Bertz CT molecular complexity index is 497. The molecule has 0 amide bonds. The third kappa shape index (κ3) is 2.40. The Morgan fingerprint density at radius 2 is 2.12 bits per heavy atom. The van der Waals surface area contributed by atoms with Gasteiger partial charge in [-0.2, -0.15) is 20.1 Å². The molecule has 0 spiro atoms. The monoisotopic (exact) mass is 258 g/mol. The molecule has 0 radical (unpaired) electrons. The molecule has 0 fully saturated rings. The minimum atomic E-state index is 0.104. The molecule has 0 saturated heterocycles. The minimum Gasteiger partial charge on any atom is -0.354 e. The fraction of sp³-hybridized carbons (Fsp3) is 0.250. The average Bonchev–Trinajstić information content (AvgIpc) is 2.64. The maximum atomic E-state index is 5.77. The van der Waals surface area contributed by atoms with Gasteiger partial charge < -0.3 is 5.32 Å². The van der Waals surface area contributed by atoms with Crippen LogP contribution < -0.4 is 5.32 Å². The first-order valence-corrected chi connectivity index (χ1v) is 5.30. The van der Waals surface area contributed by atoms with Gasteiger partial charge in [0.2, 0.25) is 11.2 Å². The highest BCUT2D eigenvalue weighted by atomic mass is 35.5.